The number of alkyl halides is 3. The van der Waals surface area contributed by atoms with Gasteiger partial charge in [0.05, 0.1) is 23.6 Å². The quantitative estimate of drug-likeness (QED) is 0.816. The van der Waals surface area contributed by atoms with Crippen molar-refractivity contribution in [2.45, 2.75) is 12.6 Å². The van der Waals surface area contributed by atoms with Crippen molar-refractivity contribution < 1.29 is 27.5 Å². The first kappa shape index (κ1) is 13.0. The second-order valence-corrected chi connectivity index (χ2v) is 3.17. The Hall–Kier alpha value is -2.10. The lowest BCUT2D eigenvalue weighted by Gasteiger charge is -2.10. The Bertz CT molecular complexity index is 502. The molecule has 0 heterocycles. The number of halogens is 4. The normalized spacial score (nSPS) is 11.0. The summed E-state index contributed by atoms with van der Waals surface area (Å²) in [6.07, 6.45) is -5.70. The zero-order valence-electron chi connectivity index (χ0n) is 8.18. The van der Waals surface area contributed by atoms with Crippen molar-refractivity contribution >= 4 is 5.97 Å². The number of hydrogen-bond acceptors (Lipinski definition) is 2. The smallest absolute Gasteiger partial charge is 0.417 e. The predicted molar refractivity (Wildman–Crippen MR) is 47.5 cm³/mol. The summed E-state index contributed by atoms with van der Waals surface area (Å²) >= 11 is 0. The molecule has 0 amide bonds. The van der Waals surface area contributed by atoms with Crippen molar-refractivity contribution in [1.82, 2.24) is 0 Å². The zero-order valence-corrected chi connectivity index (χ0v) is 8.18. The van der Waals surface area contributed by atoms with Crippen LogP contribution in [0, 0.1) is 17.1 Å². The number of nitrogens with zero attached hydrogens (tertiary/aromatic N) is 1. The van der Waals surface area contributed by atoms with Gasteiger partial charge in [-0.05, 0) is 17.7 Å². The molecular formula is C10H5F4NO2. The second kappa shape index (κ2) is 4.41. The number of benzene rings is 1. The highest BCUT2D eigenvalue weighted by molar-refractivity contribution is 5.70. The topological polar surface area (TPSA) is 61.1 Å². The molecule has 0 fully saturated rings. The van der Waals surface area contributed by atoms with Gasteiger partial charge in [-0.1, -0.05) is 0 Å². The minimum Gasteiger partial charge on any atom is -0.481 e. The first-order chi connectivity index (χ1) is 7.75. The summed E-state index contributed by atoms with van der Waals surface area (Å²) in [5.74, 6) is -2.60. The summed E-state index contributed by atoms with van der Waals surface area (Å²) in [5, 5.41) is 16.8. The van der Waals surface area contributed by atoms with E-state index in [1.165, 1.54) is 6.07 Å². The average molecular weight is 247 g/mol. The van der Waals surface area contributed by atoms with E-state index in [2.05, 4.69) is 0 Å². The van der Waals surface area contributed by atoms with Gasteiger partial charge in [0.15, 0.2) is 0 Å². The van der Waals surface area contributed by atoms with Gasteiger partial charge in [-0.3, -0.25) is 4.79 Å². The maximum Gasteiger partial charge on any atom is 0.417 e. The van der Waals surface area contributed by atoms with Gasteiger partial charge in [-0.25, -0.2) is 4.39 Å². The summed E-state index contributed by atoms with van der Waals surface area (Å²) in [5.41, 5.74) is -2.81. The Morgan fingerprint density at radius 2 is 2.00 bits per heavy atom. The minimum absolute atomic E-state index is 0.349. The third-order valence-electron chi connectivity index (χ3n) is 1.95. The molecule has 0 spiro atoms. The molecule has 0 unspecified atom stereocenters. The molecular weight excluding hydrogens is 242 g/mol. The second-order valence-electron chi connectivity index (χ2n) is 3.17. The fraction of sp³-hybridized carbons (Fsp3) is 0.200. The van der Waals surface area contributed by atoms with E-state index in [9.17, 15) is 22.4 Å². The van der Waals surface area contributed by atoms with Crippen molar-refractivity contribution in [2.24, 2.45) is 0 Å². The molecule has 90 valence electrons. The van der Waals surface area contributed by atoms with E-state index >= 15 is 0 Å². The summed E-state index contributed by atoms with van der Waals surface area (Å²) in [6, 6.07) is 1.96. The number of carbonyl (C=O) groups is 1. The van der Waals surface area contributed by atoms with Crippen LogP contribution in [0.1, 0.15) is 16.7 Å². The predicted octanol–water partition coefficient (Wildman–Crippen LogP) is 2.34. The van der Waals surface area contributed by atoms with E-state index in [-0.39, 0.29) is 0 Å². The molecule has 0 saturated carbocycles. The first-order valence-electron chi connectivity index (χ1n) is 4.27. The standard InChI is InChI=1S/C10H5F4NO2/c11-8-2-6(4-15)7(10(12,13)14)1-5(8)3-9(16)17/h1-2H,3H2,(H,16,17). The number of rotatable bonds is 2. The van der Waals surface area contributed by atoms with Gasteiger partial charge in [0.25, 0.3) is 0 Å². The molecule has 1 aromatic carbocycles. The van der Waals surface area contributed by atoms with Gasteiger partial charge in [-0.15, -0.1) is 0 Å². The molecule has 1 rings (SSSR count). The third kappa shape index (κ3) is 2.93. The summed E-state index contributed by atoms with van der Waals surface area (Å²) in [7, 11) is 0. The monoisotopic (exact) mass is 247 g/mol. The van der Waals surface area contributed by atoms with Crippen LogP contribution >= 0.6 is 0 Å². The van der Waals surface area contributed by atoms with E-state index in [0.29, 0.717) is 12.1 Å². The molecule has 7 heteroatoms. The molecule has 0 aliphatic heterocycles. The fourth-order valence-corrected chi connectivity index (χ4v) is 1.24. The molecule has 0 atom stereocenters. The summed E-state index contributed by atoms with van der Waals surface area (Å²) < 4.78 is 50.6. The van der Waals surface area contributed by atoms with Gasteiger partial charge in [0, 0.05) is 0 Å². The van der Waals surface area contributed by atoms with E-state index in [4.69, 9.17) is 10.4 Å². The fourth-order valence-electron chi connectivity index (χ4n) is 1.24. The number of carboxylic acid groups (broad SMARTS) is 1. The maximum absolute atomic E-state index is 13.2. The van der Waals surface area contributed by atoms with Crippen molar-refractivity contribution in [3.05, 3.63) is 34.6 Å². The van der Waals surface area contributed by atoms with E-state index in [1.54, 1.807) is 0 Å². The summed E-state index contributed by atoms with van der Waals surface area (Å²) in [6.45, 7) is 0. The Labute approximate surface area is 92.9 Å². The molecule has 0 saturated heterocycles. The highest BCUT2D eigenvalue weighted by Gasteiger charge is 2.34. The van der Waals surface area contributed by atoms with Crippen LogP contribution in [-0.4, -0.2) is 11.1 Å². The van der Waals surface area contributed by atoms with Crippen LogP contribution in [0.15, 0.2) is 12.1 Å². The molecule has 17 heavy (non-hydrogen) atoms. The lowest BCUT2D eigenvalue weighted by molar-refractivity contribution is -0.139. The molecule has 0 radical (unpaired) electrons. The van der Waals surface area contributed by atoms with Crippen LogP contribution in [0.4, 0.5) is 17.6 Å². The first-order valence-corrected chi connectivity index (χ1v) is 4.27. The highest BCUT2D eigenvalue weighted by atomic mass is 19.4. The molecule has 1 N–H and O–H groups in total. The average Bonchev–Trinajstić information content (AvgIpc) is 2.18. The van der Waals surface area contributed by atoms with E-state index in [1.807, 2.05) is 0 Å². The Balaban J connectivity index is 3.39. The van der Waals surface area contributed by atoms with Gasteiger partial charge in [-0.2, -0.15) is 18.4 Å². The van der Waals surface area contributed by atoms with Crippen LogP contribution < -0.4 is 0 Å². The van der Waals surface area contributed by atoms with Gasteiger partial charge < -0.3 is 5.11 Å². The zero-order chi connectivity index (χ0) is 13.2. The molecule has 1 aromatic rings. The molecule has 0 aliphatic carbocycles. The SMILES string of the molecule is N#Cc1cc(F)c(CC(=O)O)cc1C(F)(F)F. The van der Waals surface area contributed by atoms with Crippen molar-refractivity contribution in [3.63, 3.8) is 0 Å². The lowest BCUT2D eigenvalue weighted by Crippen LogP contribution is -2.11. The Morgan fingerprint density at radius 1 is 1.41 bits per heavy atom. The third-order valence-corrected chi connectivity index (χ3v) is 1.95. The van der Waals surface area contributed by atoms with Crippen LogP contribution in [-0.2, 0) is 17.4 Å². The molecule has 0 aliphatic rings. The number of nitriles is 1. The summed E-state index contributed by atoms with van der Waals surface area (Å²) in [4.78, 5) is 10.3. The van der Waals surface area contributed by atoms with E-state index < -0.39 is 41.1 Å². The van der Waals surface area contributed by atoms with Gasteiger partial charge >= 0.3 is 12.1 Å². The number of hydrogen-bond donors (Lipinski definition) is 1. The number of aliphatic carboxylic acids is 1. The Kier molecular flexibility index (Phi) is 3.36. The maximum atomic E-state index is 13.2. The minimum atomic E-state index is -4.83. The van der Waals surface area contributed by atoms with Gasteiger partial charge in [0.2, 0.25) is 0 Å². The van der Waals surface area contributed by atoms with Crippen LogP contribution in [0.5, 0.6) is 0 Å². The Morgan fingerprint density at radius 3 is 2.41 bits per heavy atom. The largest absolute Gasteiger partial charge is 0.481 e. The van der Waals surface area contributed by atoms with Crippen molar-refractivity contribution in [1.29, 1.82) is 5.26 Å². The number of carboxylic acids is 1. The highest BCUT2D eigenvalue weighted by Crippen LogP contribution is 2.33. The lowest BCUT2D eigenvalue weighted by atomic mass is 10.0. The van der Waals surface area contributed by atoms with Crippen LogP contribution in [0.3, 0.4) is 0 Å². The van der Waals surface area contributed by atoms with Crippen molar-refractivity contribution in [3.8, 4) is 6.07 Å². The van der Waals surface area contributed by atoms with E-state index in [0.717, 1.165) is 0 Å². The van der Waals surface area contributed by atoms with Gasteiger partial charge in [0.1, 0.15) is 5.82 Å². The molecule has 0 aromatic heterocycles. The molecule has 3 nitrogen and oxygen atoms in total. The van der Waals surface area contributed by atoms with Crippen LogP contribution in [0.2, 0.25) is 0 Å². The van der Waals surface area contributed by atoms with Crippen LogP contribution in [0.25, 0.3) is 0 Å². The van der Waals surface area contributed by atoms with Crippen molar-refractivity contribution in [2.75, 3.05) is 0 Å². The molecule has 0 bridgehead atoms.